The van der Waals surface area contributed by atoms with E-state index in [-0.39, 0.29) is 18.0 Å². The Morgan fingerprint density at radius 2 is 1.70 bits per heavy atom. The molecule has 2 aliphatic rings. The Balaban J connectivity index is 1.71. The maximum absolute atomic E-state index is 13.3. The number of benzene rings is 2. The van der Waals surface area contributed by atoms with E-state index in [4.69, 9.17) is 4.74 Å². The minimum absolute atomic E-state index is 0.0447. The van der Waals surface area contributed by atoms with Crippen molar-refractivity contribution in [2.45, 2.75) is 44.6 Å². The lowest BCUT2D eigenvalue weighted by molar-refractivity contribution is -0.135. The maximum Gasteiger partial charge on any atom is 0.335 e. The molecule has 1 aliphatic carbocycles. The molecule has 2 heterocycles. The van der Waals surface area contributed by atoms with E-state index in [9.17, 15) is 14.7 Å². The number of carbonyl (C=O) groups is 2. The molecular weight excluding hydrogens is 416 g/mol. The molecule has 1 aromatic heterocycles. The Bertz CT molecular complexity index is 1160. The van der Waals surface area contributed by atoms with Gasteiger partial charge in [0.15, 0.2) is 0 Å². The summed E-state index contributed by atoms with van der Waals surface area (Å²) in [6, 6.07) is 15.6. The van der Waals surface area contributed by atoms with Gasteiger partial charge in [0.05, 0.1) is 30.0 Å². The zero-order valence-electron chi connectivity index (χ0n) is 18.8. The Hall–Kier alpha value is -3.12. The van der Waals surface area contributed by atoms with Crippen molar-refractivity contribution >= 4 is 22.8 Å². The van der Waals surface area contributed by atoms with Crippen molar-refractivity contribution in [1.29, 1.82) is 0 Å². The van der Waals surface area contributed by atoms with Crippen molar-refractivity contribution < 1.29 is 19.4 Å². The summed E-state index contributed by atoms with van der Waals surface area (Å²) < 4.78 is 7.49. The number of amides is 1. The number of carboxylic acid groups (broad SMARTS) is 1. The van der Waals surface area contributed by atoms with E-state index >= 15 is 0 Å². The quantitative estimate of drug-likeness (QED) is 0.604. The molecule has 1 aliphatic heterocycles. The number of hydrogen-bond donors (Lipinski definition) is 1. The number of ether oxygens (including phenoxy) is 1. The zero-order chi connectivity index (χ0) is 22.8. The third-order valence-electron chi connectivity index (χ3n) is 7.07. The van der Waals surface area contributed by atoms with Crippen LogP contribution in [0.1, 0.15) is 53.9 Å². The van der Waals surface area contributed by atoms with E-state index < -0.39 is 5.97 Å². The van der Waals surface area contributed by atoms with Gasteiger partial charge in [-0.25, -0.2) is 4.79 Å². The van der Waals surface area contributed by atoms with Crippen molar-refractivity contribution in [3.63, 3.8) is 0 Å². The summed E-state index contributed by atoms with van der Waals surface area (Å²) >= 11 is 0. The largest absolute Gasteiger partial charge is 0.478 e. The number of fused-ring (bicyclic) bond motifs is 1. The first-order chi connectivity index (χ1) is 16.1. The van der Waals surface area contributed by atoms with Gasteiger partial charge < -0.3 is 19.3 Å². The highest BCUT2D eigenvalue weighted by molar-refractivity contribution is 5.99. The summed E-state index contributed by atoms with van der Waals surface area (Å²) in [5.74, 6) is -0.500. The monoisotopic (exact) mass is 446 g/mol. The van der Waals surface area contributed by atoms with Gasteiger partial charge in [-0.1, -0.05) is 55.7 Å². The minimum Gasteiger partial charge on any atom is -0.478 e. The van der Waals surface area contributed by atoms with Crippen LogP contribution in [0.15, 0.2) is 48.5 Å². The lowest BCUT2D eigenvalue weighted by Gasteiger charge is -2.28. The minimum atomic E-state index is -0.954. The lowest BCUT2D eigenvalue weighted by atomic mass is 9.82. The van der Waals surface area contributed by atoms with Crippen LogP contribution >= 0.6 is 0 Å². The molecule has 0 atom stereocenters. The van der Waals surface area contributed by atoms with Crippen LogP contribution in [-0.2, 0) is 16.1 Å². The van der Waals surface area contributed by atoms with Gasteiger partial charge >= 0.3 is 5.97 Å². The van der Waals surface area contributed by atoms with Crippen LogP contribution < -0.4 is 0 Å². The third-order valence-corrected chi connectivity index (χ3v) is 7.07. The van der Waals surface area contributed by atoms with Crippen LogP contribution in [0.4, 0.5) is 0 Å². The summed E-state index contributed by atoms with van der Waals surface area (Å²) in [5.41, 5.74) is 4.47. The van der Waals surface area contributed by atoms with Crippen molar-refractivity contribution in [3.05, 3.63) is 59.7 Å². The van der Waals surface area contributed by atoms with E-state index in [1.165, 1.54) is 24.8 Å². The first-order valence-electron chi connectivity index (χ1n) is 11.9. The standard InChI is InChI=1S/C27H30N2O4/c30-24(28-13-15-33-16-14-28)18-29-23-17-21(27(31)32)11-12-22(23)25(19-7-3-1-4-8-19)26(29)20-9-5-2-6-10-20/h2,5-6,9-12,17,19H,1,3-4,7-8,13-16,18H2,(H,31,32). The van der Waals surface area contributed by atoms with Crippen LogP contribution in [-0.4, -0.2) is 52.8 Å². The maximum atomic E-state index is 13.3. The molecule has 172 valence electrons. The molecule has 1 saturated heterocycles. The van der Waals surface area contributed by atoms with Gasteiger partial charge in [0.1, 0.15) is 6.54 Å². The SMILES string of the molecule is O=C(O)c1ccc2c(C3CCCCC3)c(-c3ccccc3)n(CC(=O)N3CCOCC3)c2c1. The molecule has 6 nitrogen and oxygen atoms in total. The first kappa shape index (κ1) is 21.7. The van der Waals surface area contributed by atoms with Crippen molar-refractivity contribution in [2.75, 3.05) is 26.3 Å². The van der Waals surface area contributed by atoms with Crippen molar-refractivity contribution in [2.24, 2.45) is 0 Å². The highest BCUT2D eigenvalue weighted by atomic mass is 16.5. The van der Waals surface area contributed by atoms with E-state index in [0.717, 1.165) is 35.0 Å². The van der Waals surface area contributed by atoms with Gasteiger partial charge in [-0.2, -0.15) is 0 Å². The predicted molar refractivity (Wildman–Crippen MR) is 128 cm³/mol. The zero-order valence-corrected chi connectivity index (χ0v) is 18.8. The fraction of sp³-hybridized carbons (Fsp3) is 0.407. The molecule has 1 N–H and O–H groups in total. The topological polar surface area (TPSA) is 71.8 Å². The fourth-order valence-electron chi connectivity index (χ4n) is 5.43. The number of hydrogen-bond acceptors (Lipinski definition) is 3. The molecule has 33 heavy (non-hydrogen) atoms. The van der Waals surface area contributed by atoms with Crippen LogP contribution in [0.2, 0.25) is 0 Å². The number of nitrogens with zero attached hydrogens (tertiary/aromatic N) is 2. The number of morpholine rings is 1. The molecule has 0 spiro atoms. The molecule has 2 fully saturated rings. The number of carbonyl (C=O) groups excluding carboxylic acids is 1. The van der Waals surface area contributed by atoms with Gasteiger partial charge in [-0.05, 0) is 42.0 Å². The second-order valence-electron chi connectivity index (χ2n) is 9.08. The molecule has 1 amide bonds. The Morgan fingerprint density at radius 1 is 0.970 bits per heavy atom. The van der Waals surface area contributed by atoms with E-state index in [1.807, 2.05) is 29.2 Å². The average molecular weight is 447 g/mol. The Labute approximate surface area is 193 Å². The van der Waals surface area contributed by atoms with E-state index in [1.54, 1.807) is 12.1 Å². The van der Waals surface area contributed by atoms with Crippen LogP contribution in [0, 0.1) is 0 Å². The molecule has 2 aromatic carbocycles. The van der Waals surface area contributed by atoms with Crippen molar-refractivity contribution in [3.8, 4) is 11.3 Å². The van der Waals surface area contributed by atoms with Crippen LogP contribution in [0.3, 0.4) is 0 Å². The second kappa shape index (κ2) is 9.40. The van der Waals surface area contributed by atoms with Gasteiger partial charge in [0, 0.05) is 18.5 Å². The number of aromatic carboxylic acids is 1. The smallest absolute Gasteiger partial charge is 0.335 e. The predicted octanol–water partition coefficient (Wildman–Crippen LogP) is 4.91. The van der Waals surface area contributed by atoms with Gasteiger partial charge in [0.25, 0.3) is 0 Å². The Kier molecular flexibility index (Phi) is 6.18. The third kappa shape index (κ3) is 4.27. The highest BCUT2D eigenvalue weighted by Gasteiger charge is 2.28. The molecule has 0 bridgehead atoms. The number of aromatic nitrogens is 1. The van der Waals surface area contributed by atoms with Gasteiger partial charge in [-0.15, -0.1) is 0 Å². The molecule has 1 saturated carbocycles. The molecule has 0 unspecified atom stereocenters. The summed E-state index contributed by atoms with van der Waals surface area (Å²) in [6.07, 6.45) is 5.90. The number of rotatable bonds is 5. The summed E-state index contributed by atoms with van der Waals surface area (Å²) in [4.78, 5) is 27.0. The highest BCUT2D eigenvalue weighted by Crippen LogP contribution is 2.44. The normalized spacial score (nSPS) is 17.4. The second-order valence-corrected chi connectivity index (χ2v) is 9.08. The first-order valence-corrected chi connectivity index (χ1v) is 11.9. The lowest BCUT2D eigenvalue weighted by Crippen LogP contribution is -2.42. The van der Waals surface area contributed by atoms with Crippen LogP contribution in [0.25, 0.3) is 22.2 Å². The molecule has 0 radical (unpaired) electrons. The van der Waals surface area contributed by atoms with Crippen molar-refractivity contribution in [1.82, 2.24) is 9.47 Å². The summed E-state index contributed by atoms with van der Waals surface area (Å²) in [6.45, 7) is 2.49. The van der Waals surface area contributed by atoms with Crippen LogP contribution in [0.5, 0.6) is 0 Å². The van der Waals surface area contributed by atoms with E-state index in [2.05, 4.69) is 16.7 Å². The number of carboxylic acids is 1. The average Bonchev–Trinajstić information content (AvgIpc) is 3.19. The summed E-state index contributed by atoms with van der Waals surface area (Å²) in [5, 5.41) is 10.7. The molecule has 3 aromatic rings. The molecule has 6 heteroatoms. The van der Waals surface area contributed by atoms with E-state index in [0.29, 0.717) is 32.2 Å². The molecule has 5 rings (SSSR count). The van der Waals surface area contributed by atoms with Gasteiger partial charge in [-0.3, -0.25) is 4.79 Å². The Morgan fingerprint density at radius 3 is 2.39 bits per heavy atom. The fourth-order valence-corrected chi connectivity index (χ4v) is 5.43. The molecular formula is C27H30N2O4. The van der Waals surface area contributed by atoms with Gasteiger partial charge in [0.2, 0.25) is 5.91 Å². The summed E-state index contributed by atoms with van der Waals surface area (Å²) in [7, 11) is 0.